The number of esters is 1. The Hall–Kier alpha value is -4.44. The van der Waals surface area contributed by atoms with E-state index in [-0.39, 0.29) is 18.5 Å². The SMILES string of the molecule is CC(C)(C)C(=O)OCn1nnc(-c2ccnc(-c3ncn(Cc4ccccc4Cl)c3-c3ccc(F)cc3)c2)n1. The van der Waals surface area contributed by atoms with Gasteiger partial charge in [0.2, 0.25) is 12.6 Å². The predicted molar refractivity (Wildman–Crippen MR) is 144 cm³/mol. The summed E-state index contributed by atoms with van der Waals surface area (Å²) in [5, 5.41) is 13.1. The van der Waals surface area contributed by atoms with E-state index in [2.05, 4.69) is 25.4 Å². The zero-order valence-electron chi connectivity index (χ0n) is 21.5. The number of carbonyl (C=O) groups excluding carboxylic acids is 1. The van der Waals surface area contributed by atoms with Gasteiger partial charge in [0.15, 0.2) is 0 Å². The van der Waals surface area contributed by atoms with Crippen LogP contribution >= 0.6 is 11.6 Å². The summed E-state index contributed by atoms with van der Waals surface area (Å²) < 4.78 is 21.0. The first-order chi connectivity index (χ1) is 18.7. The number of benzene rings is 2. The summed E-state index contributed by atoms with van der Waals surface area (Å²) >= 11 is 6.42. The third-order valence-electron chi connectivity index (χ3n) is 5.89. The van der Waals surface area contributed by atoms with E-state index in [4.69, 9.17) is 16.3 Å². The van der Waals surface area contributed by atoms with Gasteiger partial charge in [0.25, 0.3) is 0 Å². The Morgan fingerprint density at radius 2 is 1.79 bits per heavy atom. The first kappa shape index (κ1) is 26.2. The molecule has 0 unspecified atom stereocenters. The second-order valence-electron chi connectivity index (χ2n) is 9.89. The number of carbonyl (C=O) groups is 1. The summed E-state index contributed by atoms with van der Waals surface area (Å²) in [5.74, 6) is -0.363. The average Bonchev–Trinajstić information content (AvgIpc) is 3.56. The van der Waals surface area contributed by atoms with Gasteiger partial charge in [-0.2, -0.15) is 0 Å². The molecule has 0 aliphatic heterocycles. The van der Waals surface area contributed by atoms with Crippen molar-refractivity contribution in [2.45, 2.75) is 34.0 Å². The minimum atomic E-state index is -0.638. The van der Waals surface area contributed by atoms with E-state index in [1.54, 1.807) is 57.6 Å². The summed E-state index contributed by atoms with van der Waals surface area (Å²) in [7, 11) is 0. The van der Waals surface area contributed by atoms with Crippen LogP contribution < -0.4 is 0 Å². The lowest BCUT2D eigenvalue weighted by Gasteiger charge is -2.15. The van der Waals surface area contributed by atoms with Crippen molar-refractivity contribution in [3.8, 4) is 34.0 Å². The highest BCUT2D eigenvalue weighted by Gasteiger charge is 2.23. The quantitative estimate of drug-likeness (QED) is 0.243. The smallest absolute Gasteiger partial charge is 0.313 e. The van der Waals surface area contributed by atoms with Gasteiger partial charge in [-0.1, -0.05) is 29.8 Å². The number of hydrogen-bond acceptors (Lipinski definition) is 7. The predicted octanol–water partition coefficient (Wildman–Crippen LogP) is 5.65. The molecule has 9 nitrogen and oxygen atoms in total. The van der Waals surface area contributed by atoms with E-state index < -0.39 is 5.41 Å². The van der Waals surface area contributed by atoms with Crippen LogP contribution in [0.15, 0.2) is 73.2 Å². The van der Waals surface area contributed by atoms with Crippen LogP contribution in [0, 0.1) is 11.2 Å². The van der Waals surface area contributed by atoms with Crippen molar-refractivity contribution in [3.05, 3.63) is 89.6 Å². The minimum absolute atomic E-state index is 0.151. The van der Waals surface area contributed by atoms with E-state index in [1.807, 2.05) is 28.8 Å². The highest BCUT2D eigenvalue weighted by molar-refractivity contribution is 6.31. The number of rotatable bonds is 7. The molecule has 5 rings (SSSR count). The van der Waals surface area contributed by atoms with Gasteiger partial charge in [-0.25, -0.2) is 9.37 Å². The van der Waals surface area contributed by atoms with Crippen molar-refractivity contribution < 1.29 is 13.9 Å². The lowest BCUT2D eigenvalue weighted by atomic mass is 9.98. The molecule has 0 N–H and O–H groups in total. The Morgan fingerprint density at radius 3 is 2.54 bits per heavy atom. The molecule has 0 fully saturated rings. The van der Waals surface area contributed by atoms with Crippen molar-refractivity contribution in [3.63, 3.8) is 0 Å². The van der Waals surface area contributed by atoms with Crippen molar-refractivity contribution in [2.24, 2.45) is 5.41 Å². The third kappa shape index (κ3) is 5.85. The highest BCUT2D eigenvalue weighted by atomic mass is 35.5. The Morgan fingerprint density at radius 1 is 1.03 bits per heavy atom. The maximum atomic E-state index is 13.8. The molecule has 0 aliphatic rings. The van der Waals surface area contributed by atoms with E-state index in [0.717, 1.165) is 16.8 Å². The van der Waals surface area contributed by atoms with Gasteiger partial charge in [0.1, 0.15) is 11.5 Å². The zero-order chi connectivity index (χ0) is 27.6. The maximum absolute atomic E-state index is 13.8. The van der Waals surface area contributed by atoms with Crippen LogP contribution in [0.2, 0.25) is 5.02 Å². The molecule has 11 heteroatoms. The summed E-state index contributed by atoms with van der Waals surface area (Å²) in [6.45, 7) is 5.61. The molecule has 198 valence electrons. The lowest BCUT2D eigenvalue weighted by Crippen LogP contribution is -2.24. The molecule has 0 saturated carbocycles. The van der Waals surface area contributed by atoms with Gasteiger partial charge in [-0.15, -0.1) is 15.0 Å². The Labute approximate surface area is 229 Å². The monoisotopic (exact) mass is 545 g/mol. The molecule has 0 aliphatic carbocycles. The number of halogens is 2. The van der Waals surface area contributed by atoms with E-state index in [1.165, 1.54) is 16.9 Å². The number of ether oxygens (including phenoxy) is 1. The van der Waals surface area contributed by atoms with Crippen LogP contribution in [0.1, 0.15) is 26.3 Å². The molecule has 3 heterocycles. The van der Waals surface area contributed by atoms with Gasteiger partial charge in [-0.3, -0.25) is 9.78 Å². The number of tetrazole rings is 1. The lowest BCUT2D eigenvalue weighted by molar-refractivity contribution is -0.157. The van der Waals surface area contributed by atoms with Crippen LogP contribution in [0.25, 0.3) is 34.0 Å². The standard InChI is InChI=1S/C28H25ClFN7O2/c1-28(2,3)27(38)39-17-37-34-26(33-35-37)19-12-13-31-23(14-19)24-25(18-8-10-21(30)11-9-18)36(16-32-24)15-20-6-4-5-7-22(20)29/h4-14,16H,15,17H2,1-3H3. The van der Waals surface area contributed by atoms with E-state index in [9.17, 15) is 9.18 Å². The van der Waals surface area contributed by atoms with Gasteiger partial charge < -0.3 is 9.30 Å². The molecular weight excluding hydrogens is 521 g/mol. The molecule has 39 heavy (non-hydrogen) atoms. The Bertz CT molecular complexity index is 1620. The third-order valence-corrected chi connectivity index (χ3v) is 6.26. The fraction of sp³-hybridized carbons (Fsp3) is 0.214. The van der Waals surface area contributed by atoms with Gasteiger partial charge in [0.05, 0.1) is 29.7 Å². The summed E-state index contributed by atoms with van der Waals surface area (Å²) in [5.41, 5.74) is 3.63. The van der Waals surface area contributed by atoms with Crippen LogP contribution in [0.3, 0.4) is 0 Å². The Balaban J connectivity index is 1.48. The fourth-order valence-electron chi connectivity index (χ4n) is 3.86. The van der Waals surface area contributed by atoms with Crippen LogP contribution in [-0.4, -0.2) is 40.7 Å². The highest BCUT2D eigenvalue weighted by Crippen LogP contribution is 2.33. The number of pyridine rings is 1. The van der Waals surface area contributed by atoms with Crippen molar-refractivity contribution in [2.75, 3.05) is 0 Å². The first-order valence-corrected chi connectivity index (χ1v) is 12.5. The largest absolute Gasteiger partial charge is 0.440 e. The number of nitrogens with zero attached hydrogens (tertiary/aromatic N) is 7. The maximum Gasteiger partial charge on any atom is 0.313 e. The van der Waals surface area contributed by atoms with Crippen LogP contribution in [-0.2, 0) is 22.8 Å². The Kier molecular flexibility index (Phi) is 7.21. The normalized spacial score (nSPS) is 11.5. The number of aromatic nitrogens is 7. The average molecular weight is 546 g/mol. The summed E-state index contributed by atoms with van der Waals surface area (Å²) in [6.07, 6.45) is 3.34. The minimum Gasteiger partial charge on any atom is -0.440 e. The van der Waals surface area contributed by atoms with Crippen molar-refractivity contribution in [1.82, 2.24) is 34.7 Å². The van der Waals surface area contributed by atoms with Gasteiger partial charge in [-0.05, 0) is 74.0 Å². The number of hydrogen-bond donors (Lipinski definition) is 0. The van der Waals surface area contributed by atoms with Crippen molar-refractivity contribution >= 4 is 17.6 Å². The fourth-order valence-corrected chi connectivity index (χ4v) is 4.05. The second-order valence-corrected chi connectivity index (χ2v) is 10.3. The molecule has 2 aromatic carbocycles. The van der Waals surface area contributed by atoms with Gasteiger partial charge >= 0.3 is 5.97 Å². The molecule has 5 aromatic rings. The van der Waals surface area contributed by atoms with Gasteiger partial charge in [0, 0.05) is 22.3 Å². The molecule has 0 saturated heterocycles. The van der Waals surface area contributed by atoms with E-state index >= 15 is 0 Å². The van der Waals surface area contributed by atoms with E-state index in [0.29, 0.717) is 34.3 Å². The molecule has 0 atom stereocenters. The number of imidazole rings is 1. The first-order valence-electron chi connectivity index (χ1n) is 12.2. The molecular formula is C28H25ClFN7O2. The summed E-state index contributed by atoms with van der Waals surface area (Å²) in [6, 6.07) is 17.4. The molecule has 0 bridgehead atoms. The second kappa shape index (κ2) is 10.7. The molecule has 0 radical (unpaired) electrons. The molecule has 0 spiro atoms. The van der Waals surface area contributed by atoms with Crippen molar-refractivity contribution in [1.29, 1.82) is 0 Å². The molecule has 3 aromatic heterocycles. The van der Waals surface area contributed by atoms with Crippen LogP contribution in [0.5, 0.6) is 0 Å². The topological polar surface area (TPSA) is 101 Å². The van der Waals surface area contributed by atoms with Crippen LogP contribution in [0.4, 0.5) is 4.39 Å². The summed E-state index contributed by atoms with van der Waals surface area (Å²) in [4.78, 5) is 22.5. The molecule has 0 amide bonds. The zero-order valence-corrected chi connectivity index (χ0v) is 22.3.